The number of hydrogen-bond donors (Lipinski definition) is 0. The maximum Gasteiger partial charge on any atom is 0.254 e. The average Bonchev–Trinajstić information content (AvgIpc) is 3.28. The smallest absolute Gasteiger partial charge is 0.254 e. The topological polar surface area (TPSA) is 68.5 Å². The predicted octanol–water partition coefficient (Wildman–Crippen LogP) is 2.58. The molecule has 0 spiro atoms. The maximum atomic E-state index is 12.4. The number of aryl methyl sites for hydroxylation is 1. The fourth-order valence-corrected chi connectivity index (χ4v) is 2.36. The van der Waals surface area contributed by atoms with E-state index >= 15 is 0 Å². The van der Waals surface area contributed by atoms with Crippen LogP contribution < -0.4 is 4.74 Å². The number of carbonyl (C=O) groups excluding carboxylic acids is 1. The van der Waals surface area contributed by atoms with Crippen molar-refractivity contribution in [2.45, 2.75) is 39.3 Å². The molecule has 0 saturated heterocycles. The minimum absolute atomic E-state index is 0.0883. The zero-order chi connectivity index (χ0) is 15.5. The third-order valence-electron chi connectivity index (χ3n) is 3.63. The molecule has 6 nitrogen and oxygen atoms in total. The van der Waals surface area contributed by atoms with E-state index < -0.39 is 0 Å². The van der Waals surface area contributed by atoms with Gasteiger partial charge in [-0.3, -0.25) is 4.79 Å². The summed E-state index contributed by atoms with van der Waals surface area (Å²) >= 11 is 0. The SMILES string of the molecule is CCN(C(=O)c1ccc(OCc2noc(C)n2)cc1)C1CC1. The molecule has 1 saturated carbocycles. The summed E-state index contributed by atoms with van der Waals surface area (Å²) in [6.45, 7) is 4.74. The van der Waals surface area contributed by atoms with E-state index in [1.807, 2.05) is 11.8 Å². The average molecular weight is 301 g/mol. The Kier molecular flexibility index (Phi) is 4.09. The lowest BCUT2D eigenvalue weighted by atomic mass is 10.2. The van der Waals surface area contributed by atoms with Crippen LogP contribution in [0, 0.1) is 6.92 Å². The molecule has 0 atom stereocenters. The summed E-state index contributed by atoms with van der Waals surface area (Å²) in [5.41, 5.74) is 0.691. The van der Waals surface area contributed by atoms with Gasteiger partial charge in [0.1, 0.15) is 5.75 Å². The van der Waals surface area contributed by atoms with Crippen molar-refractivity contribution in [3.8, 4) is 5.75 Å². The van der Waals surface area contributed by atoms with Gasteiger partial charge in [-0.05, 0) is 44.0 Å². The molecule has 0 radical (unpaired) electrons. The maximum absolute atomic E-state index is 12.4. The summed E-state index contributed by atoms with van der Waals surface area (Å²) in [4.78, 5) is 18.4. The minimum Gasteiger partial charge on any atom is -0.485 e. The van der Waals surface area contributed by atoms with Crippen molar-refractivity contribution in [3.05, 3.63) is 41.5 Å². The molecule has 6 heteroatoms. The lowest BCUT2D eigenvalue weighted by Gasteiger charge is -2.20. The van der Waals surface area contributed by atoms with Crippen molar-refractivity contribution < 1.29 is 14.1 Å². The van der Waals surface area contributed by atoms with Crippen molar-refractivity contribution in [1.82, 2.24) is 15.0 Å². The summed E-state index contributed by atoms with van der Waals surface area (Å²) in [5, 5.41) is 3.77. The molecule has 1 aliphatic carbocycles. The number of amides is 1. The van der Waals surface area contributed by atoms with Crippen molar-refractivity contribution in [2.24, 2.45) is 0 Å². The Labute approximate surface area is 129 Å². The Bertz CT molecular complexity index is 647. The second kappa shape index (κ2) is 6.17. The highest BCUT2D eigenvalue weighted by Gasteiger charge is 2.31. The second-order valence-electron chi connectivity index (χ2n) is 5.37. The molecule has 3 rings (SSSR count). The number of benzene rings is 1. The molecule has 0 bridgehead atoms. The quantitative estimate of drug-likeness (QED) is 0.820. The number of nitrogens with zero attached hydrogens (tertiary/aromatic N) is 3. The Balaban J connectivity index is 1.61. The van der Waals surface area contributed by atoms with Gasteiger partial charge in [0.05, 0.1) is 0 Å². The minimum atomic E-state index is 0.0883. The van der Waals surface area contributed by atoms with Gasteiger partial charge in [0.2, 0.25) is 11.7 Å². The highest BCUT2D eigenvalue weighted by Crippen LogP contribution is 2.28. The van der Waals surface area contributed by atoms with Crippen molar-refractivity contribution >= 4 is 5.91 Å². The first-order chi connectivity index (χ1) is 10.7. The van der Waals surface area contributed by atoms with Gasteiger partial charge in [0, 0.05) is 25.1 Å². The van der Waals surface area contributed by atoms with Crippen LogP contribution in [0.3, 0.4) is 0 Å². The van der Waals surface area contributed by atoms with Crippen LogP contribution in [0.5, 0.6) is 5.75 Å². The standard InChI is InChI=1S/C16H19N3O3/c1-3-19(13-6-7-13)16(20)12-4-8-14(9-5-12)21-10-15-17-11(2)22-18-15/h4-5,8-9,13H,3,6-7,10H2,1-2H3. The largest absolute Gasteiger partial charge is 0.485 e. The molecular weight excluding hydrogens is 282 g/mol. The number of hydrogen-bond acceptors (Lipinski definition) is 5. The van der Waals surface area contributed by atoms with Crippen LogP contribution >= 0.6 is 0 Å². The van der Waals surface area contributed by atoms with Crippen LogP contribution in [0.4, 0.5) is 0 Å². The van der Waals surface area contributed by atoms with Crippen LogP contribution in [-0.4, -0.2) is 33.5 Å². The van der Waals surface area contributed by atoms with E-state index in [0.29, 0.717) is 29.1 Å². The molecule has 1 aliphatic rings. The van der Waals surface area contributed by atoms with Gasteiger partial charge in [0.25, 0.3) is 5.91 Å². The van der Waals surface area contributed by atoms with E-state index in [4.69, 9.17) is 9.26 Å². The molecule has 2 aromatic rings. The van der Waals surface area contributed by atoms with Gasteiger partial charge in [-0.25, -0.2) is 0 Å². The first-order valence-electron chi connectivity index (χ1n) is 7.50. The monoisotopic (exact) mass is 301 g/mol. The summed E-state index contributed by atoms with van der Waals surface area (Å²) in [7, 11) is 0. The molecule has 0 N–H and O–H groups in total. The van der Waals surface area contributed by atoms with E-state index in [0.717, 1.165) is 19.4 Å². The Morgan fingerprint density at radius 2 is 2.09 bits per heavy atom. The molecular formula is C16H19N3O3. The van der Waals surface area contributed by atoms with Gasteiger partial charge in [0.15, 0.2) is 6.61 Å². The van der Waals surface area contributed by atoms with E-state index in [9.17, 15) is 4.79 Å². The normalized spacial score (nSPS) is 13.9. The highest BCUT2D eigenvalue weighted by molar-refractivity contribution is 5.94. The van der Waals surface area contributed by atoms with E-state index in [2.05, 4.69) is 10.1 Å². The molecule has 1 aromatic heterocycles. The van der Waals surface area contributed by atoms with Crippen LogP contribution in [0.2, 0.25) is 0 Å². The van der Waals surface area contributed by atoms with Gasteiger partial charge in [-0.15, -0.1) is 0 Å². The van der Waals surface area contributed by atoms with Crippen LogP contribution in [0.25, 0.3) is 0 Å². The summed E-state index contributed by atoms with van der Waals surface area (Å²) in [5.74, 6) is 1.78. The summed E-state index contributed by atoms with van der Waals surface area (Å²) in [6.07, 6.45) is 2.23. The van der Waals surface area contributed by atoms with Crippen LogP contribution in [-0.2, 0) is 6.61 Å². The van der Waals surface area contributed by atoms with Crippen molar-refractivity contribution in [2.75, 3.05) is 6.54 Å². The fourth-order valence-electron chi connectivity index (χ4n) is 2.36. The Morgan fingerprint density at radius 1 is 1.36 bits per heavy atom. The van der Waals surface area contributed by atoms with E-state index in [1.165, 1.54) is 0 Å². The lowest BCUT2D eigenvalue weighted by molar-refractivity contribution is 0.0752. The number of carbonyl (C=O) groups is 1. The summed E-state index contributed by atoms with van der Waals surface area (Å²) < 4.78 is 10.5. The molecule has 1 heterocycles. The van der Waals surface area contributed by atoms with Gasteiger partial charge in [-0.2, -0.15) is 4.98 Å². The fraction of sp³-hybridized carbons (Fsp3) is 0.438. The van der Waals surface area contributed by atoms with Crippen LogP contribution in [0.15, 0.2) is 28.8 Å². The third-order valence-corrected chi connectivity index (χ3v) is 3.63. The predicted molar refractivity (Wildman–Crippen MR) is 79.5 cm³/mol. The Hall–Kier alpha value is -2.37. The number of rotatable bonds is 6. The zero-order valence-electron chi connectivity index (χ0n) is 12.8. The molecule has 0 aliphatic heterocycles. The van der Waals surface area contributed by atoms with E-state index in [1.54, 1.807) is 31.2 Å². The van der Waals surface area contributed by atoms with Crippen LogP contribution in [0.1, 0.15) is 41.8 Å². The first kappa shape index (κ1) is 14.6. The van der Waals surface area contributed by atoms with Crippen molar-refractivity contribution in [1.29, 1.82) is 0 Å². The molecule has 22 heavy (non-hydrogen) atoms. The lowest BCUT2D eigenvalue weighted by Crippen LogP contribution is -2.32. The molecule has 116 valence electrons. The van der Waals surface area contributed by atoms with Crippen molar-refractivity contribution in [3.63, 3.8) is 0 Å². The summed E-state index contributed by atoms with van der Waals surface area (Å²) in [6, 6.07) is 7.60. The molecule has 0 unspecified atom stereocenters. The first-order valence-corrected chi connectivity index (χ1v) is 7.50. The van der Waals surface area contributed by atoms with E-state index in [-0.39, 0.29) is 12.5 Å². The molecule has 1 aromatic carbocycles. The second-order valence-corrected chi connectivity index (χ2v) is 5.37. The molecule has 1 fully saturated rings. The van der Waals surface area contributed by atoms with Gasteiger partial charge in [-0.1, -0.05) is 5.16 Å². The Morgan fingerprint density at radius 3 is 2.64 bits per heavy atom. The number of aromatic nitrogens is 2. The van der Waals surface area contributed by atoms with Gasteiger partial charge >= 0.3 is 0 Å². The third kappa shape index (κ3) is 3.27. The number of ether oxygens (including phenoxy) is 1. The zero-order valence-corrected chi connectivity index (χ0v) is 12.8. The highest BCUT2D eigenvalue weighted by atomic mass is 16.5. The molecule has 1 amide bonds. The van der Waals surface area contributed by atoms with Gasteiger partial charge < -0.3 is 14.2 Å².